The van der Waals surface area contributed by atoms with Crippen LogP contribution in [0.4, 0.5) is 4.39 Å². The molecule has 0 spiro atoms. The number of nitrogens with zero attached hydrogens (tertiary/aromatic N) is 4. The minimum atomic E-state index is -0.265. The molecular weight excluding hydrogens is 435 g/mol. The van der Waals surface area contributed by atoms with Gasteiger partial charge in [0.15, 0.2) is 4.96 Å². The summed E-state index contributed by atoms with van der Waals surface area (Å²) in [6.45, 7) is 4.14. The van der Waals surface area contributed by atoms with Gasteiger partial charge in [-0.25, -0.2) is 9.37 Å². The summed E-state index contributed by atoms with van der Waals surface area (Å²) in [6, 6.07) is 16.6. The maximum atomic E-state index is 13.2. The van der Waals surface area contributed by atoms with Crippen molar-refractivity contribution in [3.8, 4) is 11.3 Å². The summed E-state index contributed by atoms with van der Waals surface area (Å²) in [5, 5.41) is 2.00. The molecule has 2 aromatic carbocycles. The highest BCUT2D eigenvalue weighted by atomic mass is 32.1. The molecule has 168 valence electrons. The predicted octanol–water partition coefficient (Wildman–Crippen LogP) is 4.60. The number of halogens is 1. The number of carbonyl (C=O) groups is 1. The summed E-state index contributed by atoms with van der Waals surface area (Å²) in [7, 11) is 0. The van der Waals surface area contributed by atoms with Gasteiger partial charge in [0.1, 0.15) is 5.82 Å². The Labute approximate surface area is 196 Å². The van der Waals surface area contributed by atoms with Gasteiger partial charge in [-0.1, -0.05) is 42.5 Å². The molecule has 1 fully saturated rings. The number of thiazole rings is 1. The smallest absolute Gasteiger partial charge is 0.228 e. The van der Waals surface area contributed by atoms with Crippen LogP contribution >= 0.6 is 11.3 Å². The van der Waals surface area contributed by atoms with Crippen LogP contribution in [-0.4, -0.2) is 57.8 Å². The van der Waals surface area contributed by atoms with E-state index in [-0.39, 0.29) is 11.7 Å². The van der Waals surface area contributed by atoms with Crippen LogP contribution in [0.1, 0.15) is 11.3 Å². The summed E-state index contributed by atoms with van der Waals surface area (Å²) in [5.74, 6) is -0.121. The number of carbonyl (C=O) groups excluding carboxylic acids is 1. The van der Waals surface area contributed by atoms with E-state index in [1.54, 1.807) is 12.1 Å². The number of benzene rings is 2. The SMILES string of the molecule is O=C(Cc1csc2nc(-c3ccc(F)cc3)cn12)N1CCN(C/C=C/c2ccccc2)CC1. The first kappa shape index (κ1) is 21.6. The fourth-order valence-corrected chi connectivity index (χ4v) is 4.94. The third kappa shape index (κ3) is 5.05. The monoisotopic (exact) mass is 460 g/mol. The molecule has 3 heterocycles. The molecule has 0 N–H and O–H groups in total. The van der Waals surface area contributed by atoms with Gasteiger partial charge in [-0.15, -0.1) is 11.3 Å². The molecule has 5 rings (SSSR count). The Morgan fingerprint density at radius 1 is 1.03 bits per heavy atom. The number of rotatable bonds is 6. The quantitative estimate of drug-likeness (QED) is 0.422. The van der Waals surface area contributed by atoms with Crippen LogP contribution in [0, 0.1) is 5.82 Å². The van der Waals surface area contributed by atoms with E-state index in [0.717, 1.165) is 54.6 Å². The van der Waals surface area contributed by atoms with Gasteiger partial charge in [-0.2, -0.15) is 0 Å². The highest BCUT2D eigenvalue weighted by molar-refractivity contribution is 7.15. The second-order valence-corrected chi connectivity index (χ2v) is 9.02. The van der Waals surface area contributed by atoms with Crippen LogP contribution in [0.3, 0.4) is 0 Å². The molecule has 1 aliphatic heterocycles. The molecule has 7 heteroatoms. The van der Waals surface area contributed by atoms with Gasteiger partial charge >= 0.3 is 0 Å². The van der Waals surface area contributed by atoms with E-state index in [1.165, 1.54) is 29.0 Å². The van der Waals surface area contributed by atoms with Crippen molar-refractivity contribution in [1.82, 2.24) is 19.2 Å². The lowest BCUT2D eigenvalue weighted by atomic mass is 10.2. The normalized spacial score (nSPS) is 15.0. The van der Waals surface area contributed by atoms with Crippen LogP contribution in [0.25, 0.3) is 22.3 Å². The summed E-state index contributed by atoms with van der Waals surface area (Å²) in [6.07, 6.45) is 6.61. The maximum absolute atomic E-state index is 13.2. The zero-order chi connectivity index (χ0) is 22.6. The predicted molar refractivity (Wildman–Crippen MR) is 131 cm³/mol. The van der Waals surface area contributed by atoms with Gasteiger partial charge in [0.2, 0.25) is 5.91 Å². The molecule has 1 saturated heterocycles. The number of imidazole rings is 1. The van der Waals surface area contributed by atoms with Crippen molar-refractivity contribution in [1.29, 1.82) is 0 Å². The zero-order valence-electron chi connectivity index (χ0n) is 18.2. The highest BCUT2D eigenvalue weighted by Crippen LogP contribution is 2.24. The lowest BCUT2D eigenvalue weighted by molar-refractivity contribution is -0.132. The molecule has 0 saturated carbocycles. The molecule has 2 aromatic heterocycles. The standard InChI is InChI=1S/C26H25FN4OS/c27-22-10-8-21(9-11-22)24-18-31-23(19-33-26(31)28-24)17-25(32)30-15-13-29(14-16-30)12-4-7-20-5-2-1-3-6-20/h1-11,18-19H,12-17H2/b7-4+. The fourth-order valence-electron chi connectivity index (χ4n) is 4.06. The van der Waals surface area contributed by atoms with E-state index >= 15 is 0 Å². The van der Waals surface area contributed by atoms with Crippen molar-refractivity contribution >= 4 is 28.3 Å². The minimum Gasteiger partial charge on any atom is -0.340 e. The van der Waals surface area contributed by atoms with Crippen molar-refractivity contribution in [2.24, 2.45) is 0 Å². The Hall–Kier alpha value is -3.29. The first-order valence-electron chi connectivity index (χ1n) is 11.1. The number of piperazine rings is 1. The molecular formula is C26H25FN4OS. The van der Waals surface area contributed by atoms with Gasteiger partial charge in [0, 0.05) is 55.6 Å². The van der Waals surface area contributed by atoms with E-state index in [9.17, 15) is 9.18 Å². The van der Waals surface area contributed by atoms with Crippen LogP contribution < -0.4 is 0 Å². The molecule has 5 nitrogen and oxygen atoms in total. The summed E-state index contributed by atoms with van der Waals surface area (Å²) in [4.78, 5) is 22.8. The average Bonchev–Trinajstić information content (AvgIpc) is 3.43. The van der Waals surface area contributed by atoms with Gasteiger partial charge in [0.25, 0.3) is 0 Å². The molecule has 0 radical (unpaired) electrons. The van der Waals surface area contributed by atoms with Crippen molar-refractivity contribution in [3.05, 3.63) is 89.3 Å². The Bertz CT molecular complexity index is 1250. The van der Waals surface area contributed by atoms with Gasteiger partial charge in [-0.05, 0) is 29.8 Å². The molecule has 0 bridgehead atoms. The van der Waals surface area contributed by atoms with Crippen molar-refractivity contribution in [2.45, 2.75) is 6.42 Å². The first-order chi connectivity index (χ1) is 16.2. The maximum Gasteiger partial charge on any atom is 0.228 e. The average molecular weight is 461 g/mol. The first-order valence-corrected chi connectivity index (χ1v) is 12.0. The largest absolute Gasteiger partial charge is 0.340 e. The summed E-state index contributed by atoms with van der Waals surface area (Å²) < 4.78 is 15.2. The fraction of sp³-hybridized carbons (Fsp3) is 0.231. The molecule has 1 aliphatic rings. The molecule has 33 heavy (non-hydrogen) atoms. The van der Waals surface area contributed by atoms with Crippen molar-refractivity contribution < 1.29 is 9.18 Å². The number of aromatic nitrogens is 2. The summed E-state index contributed by atoms with van der Waals surface area (Å²) >= 11 is 1.52. The van der Waals surface area contributed by atoms with Crippen LogP contribution in [0.15, 0.2) is 72.3 Å². The zero-order valence-corrected chi connectivity index (χ0v) is 19.0. The second-order valence-electron chi connectivity index (χ2n) is 8.18. The highest BCUT2D eigenvalue weighted by Gasteiger charge is 2.22. The van der Waals surface area contributed by atoms with Crippen LogP contribution in [0.5, 0.6) is 0 Å². The van der Waals surface area contributed by atoms with E-state index in [1.807, 2.05) is 39.1 Å². The van der Waals surface area contributed by atoms with Crippen LogP contribution in [-0.2, 0) is 11.2 Å². The number of fused-ring (bicyclic) bond motifs is 1. The third-order valence-corrected chi connectivity index (χ3v) is 6.84. The number of hydrogen-bond donors (Lipinski definition) is 0. The van der Waals surface area contributed by atoms with Gasteiger partial charge in [-0.3, -0.25) is 14.1 Å². The molecule has 4 aromatic rings. The topological polar surface area (TPSA) is 40.9 Å². The van der Waals surface area contributed by atoms with E-state index in [4.69, 9.17) is 0 Å². The molecule has 0 unspecified atom stereocenters. The molecule has 0 aliphatic carbocycles. The Balaban J connectivity index is 1.17. The number of amides is 1. The Morgan fingerprint density at radius 2 is 1.79 bits per heavy atom. The summed E-state index contributed by atoms with van der Waals surface area (Å²) in [5.41, 5.74) is 3.79. The van der Waals surface area contributed by atoms with Gasteiger partial charge < -0.3 is 4.90 Å². The second kappa shape index (κ2) is 9.68. The Kier molecular flexibility index (Phi) is 6.32. The van der Waals surface area contributed by atoms with E-state index in [2.05, 4.69) is 34.2 Å². The Morgan fingerprint density at radius 3 is 2.55 bits per heavy atom. The lowest BCUT2D eigenvalue weighted by Gasteiger charge is -2.34. The third-order valence-electron chi connectivity index (χ3n) is 5.95. The number of hydrogen-bond acceptors (Lipinski definition) is 4. The molecule has 0 atom stereocenters. The van der Waals surface area contributed by atoms with E-state index in [0.29, 0.717) is 6.42 Å². The minimum absolute atomic E-state index is 0.145. The van der Waals surface area contributed by atoms with Crippen molar-refractivity contribution in [2.75, 3.05) is 32.7 Å². The molecule has 1 amide bonds. The van der Waals surface area contributed by atoms with E-state index < -0.39 is 0 Å². The van der Waals surface area contributed by atoms with Gasteiger partial charge in [0.05, 0.1) is 12.1 Å². The lowest BCUT2D eigenvalue weighted by Crippen LogP contribution is -2.49. The van der Waals surface area contributed by atoms with Crippen molar-refractivity contribution in [3.63, 3.8) is 0 Å². The van der Waals surface area contributed by atoms with Crippen LogP contribution in [0.2, 0.25) is 0 Å².